The summed E-state index contributed by atoms with van der Waals surface area (Å²) < 4.78 is 34.4. The normalized spacial score (nSPS) is 17.9. The van der Waals surface area contributed by atoms with Crippen LogP contribution < -0.4 is 0 Å². The number of ether oxygens (including phenoxy) is 1. The molecule has 2 aliphatic rings. The molecule has 0 bridgehead atoms. The largest absolute Gasteiger partial charge is 0.362 e. The van der Waals surface area contributed by atoms with Crippen molar-refractivity contribution >= 4 is 21.9 Å². The fourth-order valence-corrected chi connectivity index (χ4v) is 4.10. The summed E-state index contributed by atoms with van der Waals surface area (Å²) in [6, 6.07) is 5.99. The van der Waals surface area contributed by atoms with Crippen molar-refractivity contribution < 1.29 is 27.3 Å². The highest BCUT2D eigenvalue weighted by Crippen LogP contribution is 2.11. The molecule has 0 saturated carbocycles. The first-order valence-electron chi connectivity index (χ1n) is 10.9. The lowest BCUT2D eigenvalue weighted by molar-refractivity contribution is -0.158. The van der Waals surface area contributed by atoms with E-state index in [1.807, 2.05) is 6.92 Å². The van der Waals surface area contributed by atoms with Crippen molar-refractivity contribution in [2.75, 3.05) is 39.4 Å². The van der Waals surface area contributed by atoms with E-state index in [0.29, 0.717) is 6.54 Å². The second kappa shape index (κ2) is 12.9. The van der Waals surface area contributed by atoms with Gasteiger partial charge in [0, 0.05) is 6.54 Å². The lowest BCUT2D eigenvalue weighted by atomic mass is 10.1. The molecule has 1 N–H and O–H groups in total. The summed E-state index contributed by atoms with van der Waals surface area (Å²) in [5, 5.41) is 0. The van der Waals surface area contributed by atoms with Crippen LogP contribution >= 0.6 is 0 Å². The number of piperidine rings is 1. The van der Waals surface area contributed by atoms with E-state index >= 15 is 0 Å². The number of imide groups is 1. The van der Waals surface area contributed by atoms with Gasteiger partial charge in [0.2, 0.25) is 0 Å². The van der Waals surface area contributed by atoms with Crippen molar-refractivity contribution in [3.8, 4) is 0 Å². The van der Waals surface area contributed by atoms with Crippen molar-refractivity contribution in [3.63, 3.8) is 0 Å². The number of hydrogen-bond donors (Lipinski definition) is 1. The third-order valence-electron chi connectivity index (χ3n) is 5.43. The molecule has 0 atom stereocenters. The highest BCUT2D eigenvalue weighted by Gasteiger charge is 2.25. The molecule has 0 aliphatic carbocycles. The molecular weight excluding hydrogens is 420 g/mol. The summed E-state index contributed by atoms with van der Waals surface area (Å²) in [6.07, 6.45) is 8.50. The minimum absolute atomic E-state index is 0.0562. The molecule has 0 radical (unpaired) electrons. The summed E-state index contributed by atoms with van der Waals surface area (Å²) in [5.41, 5.74) is 0.956. The summed E-state index contributed by atoms with van der Waals surface area (Å²) in [7, 11) is -4.02. The smallest absolute Gasteiger partial charge is 0.294 e. The maximum atomic E-state index is 11.5. The molecule has 0 unspecified atom stereocenters. The molecule has 8 nitrogen and oxygen atoms in total. The zero-order valence-corrected chi connectivity index (χ0v) is 19.1. The SMILES string of the molecule is Cc1ccc(S(=O)(=O)O)cc1.O=C1COCC(=O)N1CCCCCCN1CCCCC1. The molecule has 31 heavy (non-hydrogen) atoms. The number of aryl methyl sites for hydroxylation is 1. The molecular formula is C22H34N2O6S. The Kier molecular flexibility index (Phi) is 10.6. The minimum atomic E-state index is -4.02. The van der Waals surface area contributed by atoms with Gasteiger partial charge in [-0.25, -0.2) is 0 Å². The molecule has 9 heteroatoms. The van der Waals surface area contributed by atoms with Crippen molar-refractivity contribution in [2.24, 2.45) is 0 Å². The highest BCUT2D eigenvalue weighted by atomic mass is 32.2. The van der Waals surface area contributed by atoms with Gasteiger partial charge in [-0.15, -0.1) is 0 Å². The van der Waals surface area contributed by atoms with Crippen LogP contribution in [-0.4, -0.2) is 74.0 Å². The van der Waals surface area contributed by atoms with Crippen LogP contribution in [0.15, 0.2) is 29.2 Å². The van der Waals surface area contributed by atoms with Crippen molar-refractivity contribution in [1.82, 2.24) is 9.80 Å². The summed E-state index contributed by atoms with van der Waals surface area (Å²) in [5.74, 6) is -0.371. The summed E-state index contributed by atoms with van der Waals surface area (Å²) >= 11 is 0. The number of carbonyl (C=O) groups excluding carboxylic acids is 2. The zero-order chi connectivity index (χ0) is 22.7. The van der Waals surface area contributed by atoms with Gasteiger partial charge < -0.3 is 9.64 Å². The average Bonchev–Trinajstić information content (AvgIpc) is 2.73. The van der Waals surface area contributed by atoms with Gasteiger partial charge in [-0.05, 0) is 64.4 Å². The number of likely N-dealkylation sites (tertiary alicyclic amines) is 1. The molecule has 0 aromatic heterocycles. The van der Waals surface area contributed by atoms with Crippen LogP contribution in [-0.2, 0) is 24.4 Å². The van der Waals surface area contributed by atoms with Crippen molar-refractivity contribution in [3.05, 3.63) is 29.8 Å². The first kappa shape index (κ1) is 25.5. The number of amides is 2. The van der Waals surface area contributed by atoms with Gasteiger partial charge in [0.1, 0.15) is 13.2 Å². The van der Waals surface area contributed by atoms with Gasteiger partial charge in [0.25, 0.3) is 21.9 Å². The van der Waals surface area contributed by atoms with Gasteiger partial charge in [0.05, 0.1) is 4.90 Å². The molecule has 3 rings (SSSR count). The lowest BCUT2D eigenvalue weighted by Gasteiger charge is -2.26. The van der Waals surface area contributed by atoms with Gasteiger partial charge in [-0.1, -0.05) is 37.0 Å². The third-order valence-corrected chi connectivity index (χ3v) is 6.29. The van der Waals surface area contributed by atoms with Gasteiger partial charge in [-0.2, -0.15) is 8.42 Å². The maximum Gasteiger partial charge on any atom is 0.294 e. The second-order valence-electron chi connectivity index (χ2n) is 8.04. The standard InChI is InChI=1S/C15H26N2O3.C7H8O3S/c18-14-12-20-13-15(19)17(14)11-7-2-1-4-8-16-9-5-3-6-10-16;1-6-2-4-7(5-3-6)11(8,9)10/h1-13H2;2-5H,1H3,(H,8,9,10). The number of nitrogens with zero attached hydrogens (tertiary/aromatic N) is 2. The Bertz CT molecular complexity index is 788. The Labute approximate surface area is 185 Å². The van der Waals surface area contributed by atoms with E-state index < -0.39 is 10.1 Å². The predicted octanol–water partition coefficient (Wildman–Crippen LogP) is 2.66. The van der Waals surface area contributed by atoms with Gasteiger partial charge in [-0.3, -0.25) is 19.0 Å². The predicted molar refractivity (Wildman–Crippen MR) is 117 cm³/mol. The summed E-state index contributed by atoms with van der Waals surface area (Å²) in [4.78, 5) is 26.9. The number of benzene rings is 1. The van der Waals surface area contributed by atoms with Crippen molar-refractivity contribution in [2.45, 2.75) is 56.8 Å². The van der Waals surface area contributed by atoms with E-state index in [9.17, 15) is 18.0 Å². The Morgan fingerprint density at radius 2 is 1.42 bits per heavy atom. The molecule has 1 aromatic carbocycles. The molecule has 2 heterocycles. The highest BCUT2D eigenvalue weighted by molar-refractivity contribution is 7.85. The Hall–Kier alpha value is -1.81. The van der Waals surface area contributed by atoms with Crippen LogP contribution in [0, 0.1) is 6.92 Å². The number of rotatable bonds is 8. The fraction of sp³-hybridized carbons (Fsp3) is 0.636. The topological polar surface area (TPSA) is 104 Å². The van der Waals surface area contributed by atoms with E-state index in [0.717, 1.165) is 18.4 Å². The Morgan fingerprint density at radius 3 is 1.97 bits per heavy atom. The van der Waals surface area contributed by atoms with E-state index in [2.05, 4.69) is 4.90 Å². The molecule has 174 valence electrons. The van der Waals surface area contributed by atoms with Crippen molar-refractivity contribution in [1.29, 1.82) is 0 Å². The summed E-state index contributed by atoms with van der Waals surface area (Å²) in [6.45, 7) is 6.24. The quantitative estimate of drug-likeness (QED) is 0.366. The van der Waals surface area contributed by atoms with Gasteiger partial charge in [0.15, 0.2) is 0 Å². The molecule has 2 amide bonds. The lowest BCUT2D eigenvalue weighted by Crippen LogP contribution is -2.46. The van der Waals surface area contributed by atoms with E-state index in [4.69, 9.17) is 9.29 Å². The van der Waals surface area contributed by atoms with E-state index in [-0.39, 0.29) is 29.9 Å². The molecule has 2 fully saturated rings. The Morgan fingerprint density at radius 1 is 0.871 bits per heavy atom. The Balaban J connectivity index is 0.000000262. The first-order valence-corrected chi connectivity index (χ1v) is 12.4. The molecule has 2 aliphatic heterocycles. The number of hydrogen-bond acceptors (Lipinski definition) is 6. The van der Waals surface area contributed by atoms with Crippen LogP contribution in [0.3, 0.4) is 0 Å². The zero-order valence-electron chi connectivity index (χ0n) is 18.3. The number of unbranched alkanes of at least 4 members (excludes halogenated alkanes) is 3. The third kappa shape index (κ3) is 9.47. The average molecular weight is 455 g/mol. The first-order chi connectivity index (χ1) is 14.8. The fourth-order valence-electron chi connectivity index (χ4n) is 3.62. The molecule has 2 saturated heterocycles. The van der Waals surface area contributed by atoms with Crippen LogP contribution in [0.25, 0.3) is 0 Å². The molecule has 1 aromatic rings. The van der Waals surface area contributed by atoms with E-state index in [1.54, 1.807) is 12.1 Å². The van der Waals surface area contributed by atoms with Crippen LogP contribution in [0.4, 0.5) is 0 Å². The second-order valence-corrected chi connectivity index (χ2v) is 9.46. The maximum absolute atomic E-state index is 11.5. The number of morpholine rings is 1. The number of carbonyl (C=O) groups is 2. The minimum Gasteiger partial charge on any atom is -0.362 e. The van der Waals surface area contributed by atoms with Crippen LogP contribution in [0.2, 0.25) is 0 Å². The van der Waals surface area contributed by atoms with Gasteiger partial charge >= 0.3 is 0 Å². The monoisotopic (exact) mass is 454 g/mol. The van der Waals surface area contributed by atoms with Crippen LogP contribution in [0.5, 0.6) is 0 Å². The molecule has 0 spiro atoms. The van der Waals surface area contributed by atoms with E-state index in [1.165, 1.54) is 68.8 Å². The van der Waals surface area contributed by atoms with Crippen LogP contribution in [0.1, 0.15) is 50.5 Å².